The molecule has 2 aromatic carbocycles. The van der Waals surface area contributed by atoms with E-state index in [1.165, 1.54) is 0 Å². The molecule has 0 bridgehead atoms. The molecule has 20 heavy (non-hydrogen) atoms. The van der Waals surface area contributed by atoms with Gasteiger partial charge in [-0.2, -0.15) is 0 Å². The molecule has 0 fully saturated rings. The van der Waals surface area contributed by atoms with Gasteiger partial charge in [0, 0.05) is 24.3 Å². The molecular weight excluding hydrogens is 295 g/mol. The largest absolute Gasteiger partial charge is 0.398 e. The summed E-state index contributed by atoms with van der Waals surface area (Å²) in [7, 11) is 1.70. The van der Waals surface area contributed by atoms with E-state index in [-0.39, 0.29) is 5.91 Å². The van der Waals surface area contributed by atoms with Crippen molar-refractivity contribution < 1.29 is 4.79 Å². The average molecular weight is 309 g/mol. The number of halogens is 2. The zero-order valence-electron chi connectivity index (χ0n) is 10.9. The summed E-state index contributed by atoms with van der Waals surface area (Å²) >= 11 is 12.0. The summed E-state index contributed by atoms with van der Waals surface area (Å²) in [5, 5.41) is 0.994. The molecule has 0 aliphatic carbocycles. The maximum Gasteiger partial charge on any atom is 0.257 e. The topological polar surface area (TPSA) is 46.3 Å². The first-order valence-electron chi connectivity index (χ1n) is 6.03. The number of nitrogens with zero attached hydrogens (tertiary/aromatic N) is 1. The SMILES string of the molecule is CN(Cc1cccc(Cl)c1)C(=O)c1c(N)cccc1Cl. The lowest BCUT2D eigenvalue weighted by atomic mass is 10.1. The predicted octanol–water partition coefficient (Wildman–Crippen LogP) is 3.85. The summed E-state index contributed by atoms with van der Waals surface area (Å²) in [5.41, 5.74) is 7.48. The highest BCUT2D eigenvalue weighted by Crippen LogP contribution is 2.24. The number of benzene rings is 2. The molecule has 0 saturated carbocycles. The summed E-state index contributed by atoms with van der Waals surface area (Å²) in [6.45, 7) is 0.435. The molecule has 0 atom stereocenters. The van der Waals surface area contributed by atoms with E-state index >= 15 is 0 Å². The van der Waals surface area contributed by atoms with Crippen LogP contribution in [-0.4, -0.2) is 17.9 Å². The Bertz CT molecular complexity index is 623. The summed E-state index contributed by atoms with van der Waals surface area (Å²) in [6.07, 6.45) is 0. The van der Waals surface area contributed by atoms with Crippen molar-refractivity contribution in [3.63, 3.8) is 0 Å². The van der Waals surface area contributed by atoms with Gasteiger partial charge in [-0.25, -0.2) is 0 Å². The number of hydrogen-bond acceptors (Lipinski definition) is 2. The molecule has 0 spiro atoms. The molecule has 2 N–H and O–H groups in total. The average Bonchev–Trinajstić information content (AvgIpc) is 2.38. The van der Waals surface area contributed by atoms with Crippen LogP contribution in [0.3, 0.4) is 0 Å². The molecule has 3 nitrogen and oxygen atoms in total. The Morgan fingerprint density at radius 2 is 1.90 bits per heavy atom. The third kappa shape index (κ3) is 3.24. The lowest BCUT2D eigenvalue weighted by molar-refractivity contribution is 0.0786. The van der Waals surface area contributed by atoms with Gasteiger partial charge in [-0.3, -0.25) is 4.79 Å². The minimum Gasteiger partial charge on any atom is -0.398 e. The van der Waals surface area contributed by atoms with E-state index in [0.29, 0.717) is 27.8 Å². The monoisotopic (exact) mass is 308 g/mol. The summed E-state index contributed by atoms with van der Waals surface area (Å²) in [5.74, 6) is -0.215. The molecular formula is C15H14Cl2N2O. The third-order valence-corrected chi connectivity index (χ3v) is 3.47. The fourth-order valence-corrected chi connectivity index (χ4v) is 2.41. The Hall–Kier alpha value is -1.71. The van der Waals surface area contributed by atoms with Crippen molar-refractivity contribution in [2.75, 3.05) is 12.8 Å². The van der Waals surface area contributed by atoms with Crippen molar-refractivity contribution >= 4 is 34.8 Å². The van der Waals surface area contributed by atoms with Gasteiger partial charge in [0.1, 0.15) is 0 Å². The van der Waals surface area contributed by atoms with Crippen LogP contribution in [0.4, 0.5) is 5.69 Å². The summed E-state index contributed by atoms with van der Waals surface area (Å²) in [6, 6.07) is 12.4. The fraction of sp³-hybridized carbons (Fsp3) is 0.133. The van der Waals surface area contributed by atoms with Crippen LogP contribution in [0.25, 0.3) is 0 Å². The van der Waals surface area contributed by atoms with Crippen molar-refractivity contribution in [2.24, 2.45) is 0 Å². The van der Waals surface area contributed by atoms with Crippen LogP contribution in [-0.2, 0) is 6.54 Å². The van der Waals surface area contributed by atoms with Gasteiger partial charge < -0.3 is 10.6 Å². The van der Waals surface area contributed by atoms with Gasteiger partial charge in [0.25, 0.3) is 5.91 Å². The second-order valence-electron chi connectivity index (χ2n) is 4.50. The normalized spacial score (nSPS) is 10.3. The number of carbonyl (C=O) groups excluding carboxylic acids is 1. The third-order valence-electron chi connectivity index (χ3n) is 2.92. The summed E-state index contributed by atoms with van der Waals surface area (Å²) in [4.78, 5) is 14.0. The smallest absolute Gasteiger partial charge is 0.257 e. The van der Waals surface area contributed by atoms with Gasteiger partial charge in [-0.15, -0.1) is 0 Å². The Kier molecular flexibility index (Phi) is 4.53. The van der Waals surface area contributed by atoms with Crippen LogP contribution in [0, 0.1) is 0 Å². The van der Waals surface area contributed by atoms with Crippen LogP contribution in [0.15, 0.2) is 42.5 Å². The van der Waals surface area contributed by atoms with Crippen molar-refractivity contribution in [3.05, 3.63) is 63.6 Å². The Morgan fingerprint density at radius 3 is 2.55 bits per heavy atom. The number of nitrogens with two attached hydrogens (primary N) is 1. The standard InChI is InChI=1S/C15H14Cl2N2O/c1-19(9-10-4-2-5-11(16)8-10)15(20)14-12(17)6-3-7-13(14)18/h2-8H,9,18H2,1H3. The maximum atomic E-state index is 12.4. The quantitative estimate of drug-likeness (QED) is 0.875. The van der Waals surface area contributed by atoms with Gasteiger partial charge in [-0.05, 0) is 29.8 Å². The van der Waals surface area contributed by atoms with E-state index in [1.54, 1.807) is 36.2 Å². The molecule has 5 heteroatoms. The molecule has 2 aromatic rings. The minimum atomic E-state index is -0.215. The van der Waals surface area contributed by atoms with Gasteiger partial charge in [0.2, 0.25) is 0 Å². The van der Waals surface area contributed by atoms with Gasteiger partial charge in [-0.1, -0.05) is 41.4 Å². The molecule has 0 aliphatic heterocycles. The first-order valence-corrected chi connectivity index (χ1v) is 6.78. The maximum absolute atomic E-state index is 12.4. The molecule has 104 valence electrons. The van der Waals surface area contributed by atoms with E-state index in [1.807, 2.05) is 18.2 Å². The predicted molar refractivity (Wildman–Crippen MR) is 83.1 cm³/mol. The lowest BCUT2D eigenvalue weighted by Crippen LogP contribution is -2.27. The minimum absolute atomic E-state index is 0.215. The number of anilines is 1. The van der Waals surface area contributed by atoms with Crippen molar-refractivity contribution in [1.82, 2.24) is 4.90 Å². The highest BCUT2D eigenvalue weighted by Gasteiger charge is 2.18. The number of hydrogen-bond donors (Lipinski definition) is 1. The van der Waals surface area contributed by atoms with Gasteiger partial charge in [0.05, 0.1) is 10.6 Å². The molecule has 0 unspecified atom stereocenters. The second kappa shape index (κ2) is 6.16. The number of amides is 1. The van der Waals surface area contributed by atoms with E-state index in [2.05, 4.69) is 0 Å². The van der Waals surface area contributed by atoms with Crippen LogP contribution in [0.1, 0.15) is 15.9 Å². The number of rotatable bonds is 3. The van der Waals surface area contributed by atoms with E-state index < -0.39 is 0 Å². The van der Waals surface area contributed by atoms with E-state index in [4.69, 9.17) is 28.9 Å². The van der Waals surface area contributed by atoms with Crippen molar-refractivity contribution in [2.45, 2.75) is 6.54 Å². The fourth-order valence-electron chi connectivity index (χ4n) is 1.94. The van der Waals surface area contributed by atoms with Crippen LogP contribution >= 0.6 is 23.2 Å². The number of nitrogen functional groups attached to an aromatic ring is 1. The van der Waals surface area contributed by atoms with Crippen LogP contribution in [0.5, 0.6) is 0 Å². The second-order valence-corrected chi connectivity index (χ2v) is 5.34. The highest BCUT2D eigenvalue weighted by molar-refractivity contribution is 6.34. The summed E-state index contributed by atoms with van der Waals surface area (Å²) < 4.78 is 0. The van der Waals surface area contributed by atoms with Crippen molar-refractivity contribution in [1.29, 1.82) is 0 Å². The molecule has 0 aromatic heterocycles. The zero-order valence-corrected chi connectivity index (χ0v) is 12.4. The van der Waals surface area contributed by atoms with Crippen LogP contribution < -0.4 is 5.73 Å². The number of carbonyl (C=O) groups is 1. The van der Waals surface area contributed by atoms with Gasteiger partial charge >= 0.3 is 0 Å². The van der Waals surface area contributed by atoms with Crippen LogP contribution in [0.2, 0.25) is 10.0 Å². The Labute approximate surface area is 127 Å². The van der Waals surface area contributed by atoms with E-state index in [9.17, 15) is 4.79 Å². The first kappa shape index (κ1) is 14.7. The highest BCUT2D eigenvalue weighted by atomic mass is 35.5. The lowest BCUT2D eigenvalue weighted by Gasteiger charge is -2.19. The first-order chi connectivity index (χ1) is 9.49. The van der Waals surface area contributed by atoms with Crippen molar-refractivity contribution in [3.8, 4) is 0 Å². The molecule has 1 amide bonds. The Balaban J connectivity index is 2.21. The van der Waals surface area contributed by atoms with E-state index in [0.717, 1.165) is 5.56 Å². The Morgan fingerprint density at radius 1 is 1.20 bits per heavy atom. The molecule has 0 heterocycles. The molecule has 0 radical (unpaired) electrons. The zero-order chi connectivity index (χ0) is 14.7. The molecule has 0 aliphatic rings. The molecule has 0 saturated heterocycles. The van der Waals surface area contributed by atoms with Gasteiger partial charge in [0.15, 0.2) is 0 Å². The molecule has 2 rings (SSSR count).